The molecule has 0 aromatic carbocycles. The normalized spacial score (nSPS) is 34.9. The molecule has 0 aromatic heterocycles. The Hall–Kier alpha value is -0.120. The molecule has 2 saturated heterocycles. The highest BCUT2D eigenvalue weighted by atomic mass is 16.5. The van der Waals surface area contributed by atoms with Crippen LogP contribution in [0.2, 0.25) is 0 Å². The Bertz CT molecular complexity index is 169. The van der Waals surface area contributed by atoms with Crippen molar-refractivity contribution < 1.29 is 4.74 Å². The van der Waals surface area contributed by atoms with Gasteiger partial charge in [-0.15, -0.1) is 0 Å². The summed E-state index contributed by atoms with van der Waals surface area (Å²) in [5, 5.41) is 3.51. The van der Waals surface area contributed by atoms with Crippen LogP contribution >= 0.6 is 0 Å². The van der Waals surface area contributed by atoms with Crippen molar-refractivity contribution in [3.63, 3.8) is 0 Å². The van der Waals surface area contributed by atoms with E-state index in [1.165, 1.54) is 32.5 Å². The number of nitrogens with zero attached hydrogens (tertiary/aromatic N) is 1. The third-order valence-electron chi connectivity index (χ3n) is 3.42. The van der Waals surface area contributed by atoms with Crippen LogP contribution in [-0.2, 0) is 4.74 Å². The van der Waals surface area contributed by atoms with E-state index in [4.69, 9.17) is 4.74 Å². The van der Waals surface area contributed by atoms with Crippen LogP contribution in [0.1, 0.15) is 19.8 Å². The molecular formula is C11H22N2O. The van der Waals surface area contributed by atoms with Crippen LogP contribution < -0.4 is 5.32 Å². The lowest BCUT2D eigenvalue weighted by Crippen LogP contribution is -2.47. The summed E-state index contributed by atoms with van der Waals surface area (Å²) in [6.07, 6.45) is 2.73. The Kier molecular flexibility index (Phi) is 3.79. The van der Waals surface area contributed by atoms with Gasteiger partial charge in [0.05, 0.1) is 13.2 Å². The fourth-order valence-corrected chi connectivity index (χ4v) is 2.46. The van der Waals surface area contributed by atoms with Crippen LogP contribution in [0, 0.1) is 5.92 Å². The molecule has 0 radical (unpaired) electrons. The third kappa shape index (κ3) is 2.69. The van der Waals surface area contributed by atoms with E-state index in [1.54, 1.807) is 0 Å². The van der Waals surface area contributed by atoms with Gasteiger partial charge in [0, 0.05) is 25.7 Å². The number of hydrogen-bond acceptors (Lipinski definition) is 3. The van der Waals surface area contributed by atoms with E-state index in [9.17, 15) is 0 Å². The molecule has 0 aliphatic carbocycles. The minimum Gasteiger partial charge on any atom is -0.378 e. The molecule has 2 atom stereocenters. The lowest BCUT2D eigenvalue weighted by molar-refractivity contribution is 0.0646. The second kappa shape index (κ2) is 5.10. The maximum Gasteiger partial charge on any atom is 0.0632 e. The van der Waals surface area contributed by atoms with E-state index in [1.807, 2.05) is 0 Å². The largest absolute Gasteiger partial charge is 0.378 e. The first-order chi connectivity index (χ1) is 6.88. The van der Waals surface area contributed by atoms with Crippen LogP contribution in [0.25, 0.3) is 0 Å². The fraction of sp³-hybridized carbons (Fsp3) is 1.00. The highest BCUT2D eigenvalue weighted by Gasteiger charge is 2.24. The topological polar surface area (TPSA) is 24.5 Å². The second-order valence-electron chi connectivity index (χ2n) is 4.55. The van der Waals surface area contributed by atoms with E-state index in [0.717, 1.165) is 25.7 Å². The molecule has 0 spiro atoms. The van der Waals surface area contributed by atoms with Crippen molar-refractivity contribution in [3.8, 4) is 0 Å². The predicted molar refractivity (Wildman–Crippen MR) is 57.4 cm³/mol. The van der Waals surface area contributed by atoms with Gasteiger partial charge in [-0.2, -0.15) is 0 Å². The van der Waals surface area contributed by atoms with Crippen molar-refractivity contribution >= 4 is 0 Å². The van der Waals surface area contributed by atoms with Crippen molar-refractivity contribution in [3.05, 3.63) is 0 Å². The molecule has 2 fully saturated rings. The predicted octanol–water partition coefficient (Wildman–Crippen LogP) is 0.707. The summed E-state index contributed by atoms with van der Waals surface area (Å²) < 4.78 is 5.46. The van der Waals surface area contributed by atoms with Gasteiger partial charge in [0.1, 0.15) is 0 Å². The molecule has 1 N–H and O–H groups in total. The molecule has 2 heterocycles. The summed E-state index contributed by atoms with van der Waals surface area (Å²) in [6.45, 7) is 8.87. The van der Waals surface area contributed by atoms with Gasteiger partial charge in [-0.25, -0.2) is 0 Å². The van der Waals surface area contributed by atoms with Crippen molar-refractivity contribution in [2.75, 3.05) is 39.4 Å². The minimum atomic E-state index is 0.569. The SMILES string of the molecule is CCC1CCN(CC2COCCN2)C1. The Morgan fingerprint density at radius 1 is 1.50 bits per heavy atom. The number of hydrogen-bond donors (Lipinski definition) is 1. The third-order valence-corrected chi connectivity index (χ3v) is 3.42. The van der Waals surface area contributed by atoms with Crippen LogP contribution in [-0.4, -0.2) is 50.3 Å². The molecule has 0 bridgehead atoms. The zero-order valence-corrected chi connectivity index (χ0v) is 9.17. The number of morpholine rings is 1. The summed E-state index contributed by atoms with van der Waals surface area (Å²) in [6, 6.07) is 0.569. The standard InChI is InChI=1S/C11H22N2O/c1-2-10-3-5-13(7-10)8-11-9-14-6-4-12-11/h10-12H,2-9H2,1H3. The van der Waals surface area contributed by atoms with Gasteiger partial charge in [-0.3, -0.25) is 0 Å². The number of likely N-dealkylation sites (tertiary alicyclic amines) is 1. The quantitative estimate of drug-likeness (QED) is 0.723. The Balaban J connectivity index is 1.69. The van der Waals surface area contributed by atoms with Crippen molar-refractivity contribution in [2.24, 2.45) is 5.92 Å². The summed E-state index contributed by atoms with van der Waals surface area (Å²) in [5.74, 6) is 0.944. The summed E-state index contributed by atoms with van der Waals surface area (Å²) >= 11 is 0. The van der Waals surface area contributed by atoms with Crippen LogP contribution in [0.5, 0.6) is 0 Å². The smallest absolute Gasteiger partial charge is 0.0632 e. The summed E-state index contributed by atoms with van der Waals surface area (Å²) in [5.41, 5.74) is 0. The fourth-order valence-electron chi connectivity index (χ4n) is 2.46. The average molecular weight is 198 g/mol. The first-order valence-corrected chi connectivity index (χ1v) is 5.92. The lowest BCUT2D eigenvalue weighted by atomic mass is 10.1. The summed E-state index contributed by atoms with van der Waals surface area (Å²) in [7, 11) is 0. The van der Waals surface area contributed by atoms with E-state index >= 15 is 0 Å². The number of nitrogens with one attached hydrogen (secondary N) is 1. The van der Waals surface area contributed by atoms with Crippen LogP contribution in [0.3, 0.4) is 0 Å². The van der Waals surface area contributed by atoms with Crippen LogP contribution in [0.15, 0.2) is 0 Å². The maximum absolute atomic E-state index is 5.46. The van der Waals surface area contributed by atoms with E-state index in [0.29, 0.717) is 6.04 Å². The Labute approximate surface area is 86.8 Å². The molecule has 0 saturated carbocycles. The zero-order chi connectivity index (χ0) is 9.80. The van der Waals surface area contributed by atoms with Gasteiger partial charge in [-0.05, 0) is 18.9 Å². The average Bonchev–Trinajstić information content (AvgIpc) is 2.67. The monoisotopic (exact) mass is 198 g/mol. The molecule has 2 aliphatic rings. The van der Waals surface area contributed by atoms with Gasteiger partial charge in [0.25, 0.3) is 0 Å². The van der Waals surface area contributed by atoms with Crippen molar-refractivity contribution in [2.45, 2.75) is 25.8 Å². The maximum atomic E-state index is 5.46. The highest BCUT2D eigenvalue weighted by Crippen LogP contribution is 2.19. The molecule has 3 nitrogen and oxygen atoms in total. The van der Waals surface area contributed by atoms with E-state index in [2.05, 4.69) is 17.1 Å². The molecule has 0 aromatic rings. The van der Waals surface area contributed by atoms with Gasteiger partial charge in [-0.1, -0.05) is 13.3 Å². The van der Waals surface area contributed by atoms with Crippen molar-refractivity contribution in [1.82, 2.24) is 10.2 Å². The van der Waals surface area contributed by atoms with Crippen LogP contribution in [0.4, 0.5) is 0 Å². The highest BCUT2D eigenvalue weighted by molar-refractivity contribution is 4.80. The van der Waals surface area contributed by atoms with Gasteiger partial charge in [0.15, 0.2) is 0 Å². The van der Waals surface area contributed by atoms with E-state index in [-0.39, 0.29) is 0 Å². The van der Waals surface area contributed by atoms with Crippen molar-refractivity contribution in [1.29, 1.82) is 0 Å². The molecule has 82 valence electrons. The minimum absolute atomic E-state index is 0.569. The first-order valence-electron chi connectivity index (χ1n) is 5.92. The molecule has 2 aliphatic heterocycles. The lowest BCUT2D eigenvalue weighted by Gasteiger charge is -2.28. The number of rotatable bonds is 3. The molecule has 14 heavy (non-hydrogen) atoms. The van der Waals surface area contributed by atoms with Gasteiger partial charge >= 0.3 is 0 Å². The van der Waals surface area contributed by atoms with E-state index < -0.39 is 0 Å². The second-order valence-corrected chi connectivity index (χ2v) is 4.55. The molecule has 0 amide bonds. The Morgan fingerprint density at radius 3 is 3.07 bits per heavy atom. The molecular weight excluding hydrogens is 176 g/mol. The first kappa shape index (κ1) is 10.4. The molecule has 2 unspecified atom stereocenters. The summed E-state index contributed by atoms with van der Waals surface area (Å²) in [4.78, 5) is 2.58. The Morgan fingerprint density at radius 2 is 2.43 bits per heavy atom. The molecule has 2 rings (SSSR count). The number of ether oxygens (including phenoxy) is 1. The molecule has 3 heteroatoms. The zero-order valence-electron chi connectivity index (χ0n) is 9.17. The van der Waals surface area contributed by atoms with Gasteiger partial charge < -0.3 is 15.0 Å². The van der Waals surface area contributed by atoms with Gasteiger partial charge in [0.2, 0.25) is 0 Å².